The van der Waals surface area contributed by atoms with Crippen LogP contribution in [0.1, 0.15) is 50.7 Å². The molecule has 0 N–H and O–H groups in total. The average Bonchev–Trinajstić information content (AvgIpc) is 2.71. The molecule has 1 nitrogen and oxygen atoms in total. The van der Waals surface area contributed by atoms with Gasteiger partial charge in [0.05, 0.1) is 12.0 Å². The molecule has 0 spiro atoms. The largest absolute Gasteiger partial charge is 0.460 e. The van der Waals surface area contributed by atoms with Crippen LogP contribution in [0.25, 0.3) is 0 Å². The molecular formula is C20H21F13O. The van der Waals surface area contributed by atoms with Gasteiger partial charge in [-0.25, -0.2) is 0 Å². The molecule has 14 heteroatoms. The van der Waals surface area contributed by atoms with Crippen LogP contribution in [0.2, 0.25) is 0 Å². The maximum absolute atomic E-state index is 14.4. The second-order valence-corrected chi connectivity index (χ2v) is 8.04. The van der Waals surface area contributed by atoms with Crippen LogP contribution in [0.3, 0.4) is 0 Å². The molecule has 0 saturated heterocycles. The van der Waals surface area contributed by atoms with Crippen molar-refractivity contribution >= 4 is 0 Å². The zero-order chi connectivity index (χ0) is 27.2. The van der Waals surface area contributed by atoms with E-state index < -0.39 is 47.8 Å². The van der Waals surface area contributed by atoms with E-state index in [0.29, 0.717) is 26.0 Å². The van der Waals surface area contributed by atoms with Crippen molar-refractivity contribution in [1.29, 1.82) is 0 Å². The Bertz CT molecular complexity index is 830. The molecule has 1 aromatic rings. The summed E-state index contributed by atoms with van der Waals surface area (Å²) < 4.78 is 178. The summed E-state index contributed by atoms with van der Waals surface area (Å²) >= 11 is 0. The first kappa shape index (κ1) is 30.3. The third-order valence-corrected chi connectivity index (χ3v) is 5.71. The molecule has 198 valence electrons. The first-order valence-corrected chi connectivity index (χ1v) is 9.58. The Morgan fingerprint density at radius 2 is 1.12 bits per heavy atom. The van der Waals surface area contributed by atoms with E-state index in [4.69, 9.17) is 4.74 Å². The van der Waals surface area contributed by atoms with Crippen molar-refractivity contribution in [2.75, 3.05) is 7.11 Å². The van der Waals surface area contributed by atoms with Crippen LogP contribution in [-0.2, 0) is 10.3 Å². The molecule has 0 aliphatic rings. The fraction of sp³-hybridized carbons (Fsp3) is 0.700. The van der Waals surface area contributed by atoms with Gasteiger partial charge in [-0.1, -0.05) is 38.1 Å². The van der Waals surface area contributed by atoms with Crippen molar-refractivity contribution in [2.24, 2.45) is 0 Å². The van der Waals surface area contributed by atoms with Crippen LogP contribution in [0.5, 0.6) is 0 Å². The zero-order valence-corrected chi connectivity index (χ0v) is 18.1. The lowest BCUT2D eigenvalue weighted by Crippen LogP contribution is -2.70. The standard InChI is InChI=1S/C20H21F13O/c1-5-11(2)12-6-8-13(9-7-12)14(3,34-4)10-15(21,22)16(23,24)17(25,26)18(27,28)19(29,30)20(31,32)33/h6-9,11H,5,10H2,1-4H3. The molecule has 0 fully saturated rings. The Labute approximate surface area is 186 Å². The van der Waals surface area contributed by atoms with Gasteiger partial charge in [0.25, 0.3) is 0 Å². The van der Waals surface area contributed by atoms with Crippen molar-refractivity contribution in [2.45, 2.75) is 80.9 Å². The summed E-state index contributed by atoms with van der Waals surface area (Å²) in [5.74, 6) is -37.1. The smallest absolute Gasteiger partial charge is 0.374 e. The Kier molecular flexibility index (Phi) is 8.06. The van der Waals surface area contributed by atoms with E-state index in [-0.39, 0.29) is 11.5 Å². The minimum absolute atomic E-state index is 0.0233. The van der Waals surface area contributed by atoms with Crippen molar-refractivity contribution in [3.63, 3.8) is 0 Å². The maximum Gasteiger partial charge on any atom is 0.460 e. The van der Waals surface area contributed by atoms with Gasteiger partial charge in [-0.15, -0.1) is 0 Å². The molecule has 0 heterocycles. The lowest BCUT2D eigenvalue weighted by atomic mass is 9.83. The average molecular weight is 524 g/mol. The number of rotatable bonds is 10. The Morgan fingerprint density at radius 1 is 0.706 bits per heavy atom. The Morgan fingerprint density at radius 3 is 1.47 bits per heavy atom. The minimum atomic E-state index is -7.92. The fourth-order valence-corrected chi connectivity index (χ4v) is 3.03. The molecule has 0 radical (unpaired) electrons. The Hall–Kier alpha value is -1.73. The highest BCUT2D eigenvalue weighted by atomic mass is 19.4. The molecule has 34 heavy (non-hydrogen) atoms. The molecule has 0 saturated carbocycles. The van der Waals surface area contributed by atoms with Crippen molar-refractivity contribution in [3.05, 3.63) is 35.4 Å². The van der Waals surface area contributed by atoms with Gasteiger partial charge in [0.15, 0.2) is 0 Å². The van der Waals surface area contributed by atoms with E-state index in [2.05, 4.69) is 0 Å². The van der Waals surface area contributed by atoms with E-state index in [1.54, 1.807) is 6.92 Å². The van der Waals surface area contributed by atoms with Crippen LogP contribution < -0.4 is 0 Å². The third kappa shape index (κ3) is 4.70. The van der Waals surface area contributed by atoms with Crippen LogP contribution in [0, 0.1) is 0 Å². The van der Waals surface area contributed by atoms with Gasteiger partial charge in [-0.3, -0.25) is 0 Å². The van der Waals surface area contributed by atoms with Crippen molar-refractivity contribution < 1.29 is 61.8 Å². The highest BCUT2D eigenvalue weighted by Gasteiger charge is 2.90. The van der Waals surface area contributed by atoms with Gasteiger partial charge in [0, 0.05) is 7.11 Å². The normalized spacial score (nSPS) is 17.4. The van der Waals surface area contributed by atoms with Gasteiger partial charge in [0.2, 0.25) is 0 Å². The molecule has 2 unspecified atom stereocenters. The first-order chi connectivity index (χ1) is 15.0. The SMILES string of the molecule is CCC(C)c1ccc(C(C)(CC(F)(F)C(F)(F)C(F)(F)C(F)(F)C(F)(F)C(F)(F)F)OC)cc1. The summed E-state index contributed by atoms with van der Waals surface area (Å²) in [6.07, 6.45) is -9.25. The molecule has 0 bridgehead atoms. The zero-order valence-electron chi connectivity index (χ0n) is 18.1. The summed E-state index contributed by atoms with van der Waals surface area (Å²) in [4.78, 5) is 0. The van der Waals surface area contributed by atoms with E-state index in [0.717, 1.165) is 12.1 Å². The molecule has 0 aliphatic heterocycles. The number of benzene rings is 1. The highest BCUT2D eigenvalue weighted by Crippen LogP contribution is 2.61. The quantitative estimate of drug-likeness (QED) is 0.281. The highest BCUT2D eigenvalue weighted by molar-refractivity contribution is 5.29. The number of alkyl halides is 13. The molecule has 1 rings (SSSR count). The summed E-state index contributed by atoms with van der Waals surface area (Å²) in [5.41, 5.74) is -2.19. The molecule has 0 amide bonds. The number of hydrogen-bond donors (Lipinski definition) is 0. The van der Waals surface area contributed by atoms with Crippen LogP contribution >= 0.6 is 0 Å². The first-order valence-electron chi connectivity index (χ1n) is 9.58. The number of hydrogen-bond acceptors (Lipinski definition) is 1. The lowest BCUT2D eigenvalue weighted by Gasteiger charge is -2.42. The van der Waals surface area contributed by atoms with Crippen molar-refractivity contribution in [1.82, 2.24) is 0 Å². The van der Waals surface area contributed by atoms with Gasteiger partial charge >= 0.3 is 35.8 Å². The van der Waals surface area contributed by atoms with E-state index >= 15 is 0 Å². The van der Waals surface area contributed by atoms with Gasteiger partial charge in [-0.05, 0) is 30.4 Å². The predicted molar refractivity (Wildman–Crippen MR) is 94.9 cm³/mol. The fourth-order valence-electron chi connectivity index (χ4n) is 3.03. The van der Waals surface area contributed by atoms with Crippen LogP contribution in [-0.4, -0.2) is 42.9 Å². The van der Waals surface area contributed by atoms with E-state index in [1.165, 1.54) is 12.1 Å². The monoisotopic (exact) mass is 524 g/mol. The van der Waals surface area contributed by atoms with E-state index in [9.17, 15) is 57.1 Å². The summed E-state index contributed by atoms with van der Waals surface area (Å²) in [5, 5.41) is 0. The number of halogens is 13. The minimum Gasteiger partial charge on any atom is -0.374 e. The summed E-state index contributed by atoms with van der Waals surface area (Å²) in [6, 6.07) is 4.99. The van der Waals surface area contributed by atoms with Crippen molar-refractivity contribution in [3.8, 4) is 0 Å². The molecule has 2 atom stereocenters. The maximum atomic E-state index is 14.4. The second kappa shape index (κ2) is 9.05. The number of ether oxygens (including phenoxy) is 1. The van der Waals surface area contributed by atoms with Gasteiger partial charge in [0.1, 0.15) is 0 Å². The second-order valence-electron chi connectivity index (χ2n) is 8.04. The summed E-state index contributed by atoms with van der Waals surface area (Å²) in [6.45, 7) is 4.31. The van der Waals surface area contributed by atoms with Gasteiger partial charge < -0.3 is 4.74 Å². The summed E-state index contributed by atoms with van der Waals surface area (Å²) in [7, 11) is 0.696. The predicted octanol–water partition coefficient (Wildman–Crippen LogP) is 8.19. The molecule has 1 aromatic carbocycles. The molecule has 0 aromatic heterocycles. The van der Waals surface area contributed by atoms with Gasteiger partial charge in [-0.2, -0.15) is 57.1 Å². The Balaban J connectivity index is 3.47. The van der Waals surface area contributed by atoms with E-state index in [1.807, 2.05) is 6.92 Å². The third-order valence-electron chi connectivity index (χ3n) is 5.71. The van der Waals surface area contributed by atoms with Crippen LogP contribution in [0.15, 0.2) is 24.3 Å². The lowest BCUT2D eigenvalue weighted by molar-refractivity contribution is -0.441. The molecule has 0 aliphatic carbocycles. The molecular weight excluding hydrogens is 503 g/mol. The van der Waals surface area contributed by atoms with Crippen LogP contribution in [0.4, 0.5) is 57.1 Å². The topological polar surface area (TPSA) is 9.23 Å². The number of methoxy groups -OCH3 is 1.